The minimum Gasteiger partial charge on any atom is -0.455 e. The quantitative estimate of drug-likeness (QED) is 0.757. The number of benzene rings is 1. The number of amides is 1. The van der Waals surface area contributed by atoms with Gasteiger partial charge in [-0.15, -0.1) is 0 Å². The topological polar surface area (TPSA) is 80.1 Å². The number of furan rings is 1. The number of morpholine rings is 1. The van der Waals surface area contributed by atoms with Crippen LogP contribution in [0.3, 0.4) is 0 Å². The van der Waals surface area contributed by atoms with Gasteiger partial charge in [0.1, 0.15) is 22.6 Å². The van der Waals surface area contributed by atoms with Gasteiger partial charge in [0.05, 0.1) is 13.2 Å². The Hall–Kier alpha value is -2.23. The normalized spacial score (nSPS) is 20.9. The second-order valence-electron chi connectivity index (χ2n) is 7.30. The maximum absolute atomic E-state index is 13.2. The fraction of sp³-hybridized carbons (Fsp3) is 0.450. The van der Waals surface area contributed by atoms with E-state index in [0.717, 1.165) is 18.4 Å². The lowest BCUT2D eigenvalue weighted by molar-refractivity contribution is -0.0238. The number of hydrogen-bond donors (Lipinski definition) is 0. The van der Waals surface area contributed by atoms with Gasteiger partial charge >= 0.3 is 0 Å². The van der Waals surface area contributed by atoms with Crippen molar-refractivity contribution in [2.75, 3.05) is 32.8 Å². The van der Waals surface area contributed by atoms with E-state index < -0.39 is 10.0 Å². The Morgan fingerprint density at radius 2 is 1.83 bits per heavy atom. The number of nitrogens with zero attached hydrogens (tertiary/aromatic N) is 2. The van der Waals surface area contributed by atoms with Crippen molar-refractivity contribution < 1.29 is 26.8 Å². The summed E-state index contributed by atoms with van der Waals surface area (Å²) in [6, 6.07) is 7.29. The van der Waals surface area contributed by atoms with E-state index in [1.54, 1.807) is 24.0 Å². The van der Waals surface area contributed by atoms with Crippen molar-refractivity contribution in [3.63, 3.8) is 0 Å². The molecule has 4 rings (SSSR count). The van der Waals surface area contributed by atoms with Crippen molar-refractivity contribution in [2.45, 2.75) is 30.8 Å². The van der Waals surface area contributed by atoms with Crippen LogP contribution in [0, 0.1) is 12.7 Å². The molecule has 2 aromatic rings. The van der Waals surface area contributed by atoms with Gasteiger partial charge in [0.15, 0.2) is 5.76 Å². The Balaban J connectivity index is 1.53. The van der Waals surface area contributed by atoms with Gasteiger partial charge in [-0.3, -0.25) is 4.79 Å². The van der Waals surface area contributed by atoms with E-state index in [-0.39, 0.29) is 40.8 Å². The molecular formula is C20H23FN2O5S. The van der Waals surface area contributed by atoms with Crippen molar-refractivity contribution >= 4 is 15.9 Å². The molecule has 0 N–H and O–H groups in total. The van der Waals surface area contributed by atoms with Gasteiger partial charge in [-0.25, -0.2) is 12.8 Å². The van der Waals surface area contributed by atoms with E-state index in [1.165, 1.54) is 22.5 Å². The van der Waals surface area contributed by atoms with Crippen LogP contribution in [0.4, 0.5) is 4.39 Å². The SMILES string of the molecule is Cc1oc(C(=O)N2CCOC(c3ccc(F)cc3)C2)cc1S(=O)(=O)N1CCCC1. The van der Waals surface area contributed by atoms with Crippen molar-refractivity contribution in [1.29, 1.82) is 0 Å². The third kappa shape index (κ3) is 3.94. The number of rotatable bonds is 4. The van der Waals surface area contributed by atoms with Crippen LogP contribution in [0.15, 0.2) is 39.6 Å². The first-order valence-electron chi connectivity index (χ1n) is 9.63. The van der Waals surface area contributed by atoms with Gasteiger partial charge in [-0.2, -0.15) is 4.31 Å². The summed E-state index contributed by atoms with van der Waals surface area (Å²) in [5.74, 6) is -0.509. The van der Waals surface area contributed by atoms with Crippen molar-refractivity contribution in [1.82, 2.24) is 9.21 Å². The molecule has 0 radical (unpaired) electrons. The maximum Gasteiger partial charge on any atom is 0.289 e. The van der Waals surface area contributed by atoms with Crippen LogP contribution >= 0.6 is 0 Å². The first-order chi connectivity index (χ1) is 13.9. The standard InChI is InChI=1S/C20H23FN2O5S/c1-14-19(29(25,26)23-8-2-3-9-23)12-17(28-14)20(24)22-10-11-27-18(13-22)15-4-6-16(21)7-5-15/h4-7,12,18H,2-3,8-11,13H2,1H3. The molecule has 0 spiro atoms. The lowest BCUT2D eigenvalue weighted by Gasteiger charge is -2.32. The van der Waals surface area contributed by atoms with Gasteiger partial charge < -0.3 is 14.1 Å². The number of aryl methyl sites for hydroxylation is 1. The van der Waals surface area contributed by atoms with Crippen molar-refractivity contribution in [2.24, 2.45) is 0 Å². The molecule has 1 aromatic carbocycles. The predicted octanol–water partition coefficient (Wildman–Crippen LogP) is 2.73. The fourth-order valence-electron chi connectivity index (χ4n) is 3.76. The number of ether oxygens (including phenoxy) is 1. The summed E-state index contributed by atoms with van der Waals surface area (Å²) in [6.07, 6.45) is 1.29. The van der Waals surface area contributed by atoms with Gasteiger partial charge in [-0.1, -0.05) is 12.1 Å². The van der Waals surface area contributed by atoms with E-state index in [9.17, 15) is 17.6 Å². The van der Waals surface area contributed by atoms with Gasteiger partial charge in [0.2, 0.25) is 10.0 Å². The average molecular weight is 422 g/mol. The van der Waals surface area contributed by atoms with Gasteiger partial charge in [-0.05, 0) is 37.5 Å². The number of carbonyl (C=O) groups excluding carboxylic acids is 1. The summed E-state index contributed by atoms with van der Waals surface area (Å²) in [5.41, 5.74) is 0.775. The van der Waals surface area contributed by atoms with Crippen LogP contribution in [0.1, 0.15) is 40.8 Å². The Morgan fingerprint density at radius 3 is 2.52 bits per heavy atom. The molecule has 0 bridgehead atoms. The summed E-state index contributed by atoms with van der Waals surface area (Å²) in [7, 11) is -3.66. The maximum atomic E-state index is 13.2. The molecule has 0 saturated carbocycles. The molecule has 7 nitrogen and oxygen atoms in total. The van der Waals surface area contributed by atoms with Crippen LogP contribution in [0.25, 0.3) is 0 Å². The first-order valence-corrected chi connectivity index (χ1v) is 11.1. The minimum absolute atomic E-state index is 0.0000260. The lowest BCUT2D eigenvalue weighted by Crippen LogP contribution is -2.42. The highest BCUT2D eigenvalue weighted by molar-refractivity contribution is 7.89. The monoisotopic (exact) mass is 422 g/mol. The lowest BCUT2D eigenvalue weighted by atomic mass is 10.1. The molecule has 2 fully saturated rings. The molecule has 2 aliphatic rings. The first kappa shape index (κ1) is 20.1. The Morgan fingerprint density at radius 1 is 1.14 bits per heavy atom. The van der Waals surface area contributed by atoms with E-state index in [4.69, 9.17) is 9.15 Å². The fourth-order valence-corrected chi connectivity index (χ4v) is 5.44. The third-order valence-electron chi connectivity index (χ3n) is 5.36. The molecule has 1 aromatic heterocycles. The van der Waals surface area contributed by atoms with Gasteiger partial charge in [0.25, 0.3) is 5.91 Å². The molecule has 9 heteroatoms. The predicted molar refractivity (Wildman–Crippen MR) is 102 cm³/mol. The molecule has 2 aliphatic heterocycles. The summed E-state index contributed by atoms with van der Waals surface area (Å²) in [4.78, 5) is 14.6. The van der Waals surface area contributed by atoms with Crippen LogP contribution in [0.5, 0.6) is 0 Å². The highest BCUT2D eigenvalue weighted by atomic mass is 32.2. The highest BCUT2D eigenvalue weighted by Gasteiger charge is 2.33. The molecule has 0 aliphatic carbocycles. The zero-order chi connectivity index (χ0) is 20.6. The second kappa shape index (κ2) is 7.89. The smallest absolute Gasteiger partial charge is 0.289 e. The largest absolute Gasteiger partial charge is 0.455 e. The average Bonchev–Trinajstić information content (AvgIpc) is 3.39. The molecular weight excluding hydrogens is 399 g/mol. The zero-order valence-corrected chi connectivity index (χ0v) is 17.0. The van der Waals surface area contributed by atoms with Gasteiger partial charge in [0, 0.05) is 25.7 Å². The molecule has 3 heterocycles. The number of hydrogen-bond acceptors (Lipinski definition) is 5. The number of halogens is 1. The third-order valence-corrected chi connectivity index (χ3v) is 7.37. The summed E-state index contributed by atoms with van der Waals surface area (Å²) in [5, 5.41) is 0. The molecule has 156 valence electrons. The Kier molecular flexibility index (Phi) is 5.46. The van der Waals surface area contributed by atoms with E-state index in [1.807, 2.05) is 0 Å². The zero-order valence-electron chi connectivity index (χ0n) is 16.1. The van der Waals surface area contributed by atoms with Crippen LogP contribution < -0.4 is 0 Å². The molecule has 1 atom stereocenters. The van der Waals surface area contributed by atoms with Crippen molar-refractivity contribution in [3.05, 3.63) is 53.2 Å². The van der Waals surface area contributed by atoms with E-state index >= 15 is 0 Å². The Labute approximate surface area is 169 Å². The molecule has 29 heavy (non-hydrogen) atoms. The van der Waals surface area contributed by atoms with Crippen LogP contribution in [-0.4, -0.2) is 56.3 Å². The highest BCUT2D eigenvalue weighted by Crippen LogP contribution is 2.28. The summed E-state index contributed by atoms with van der Waals surface area (Å²) in [6.45, 7) is 3.49. The molecule has 1 unspecified atom stereocenters. The minimum atomic E-state index is -3.66. The molecule has 1 amide bonds. The number of carbonyl (C=O) groups is 1. The number of sulfonamides is 1. The summed E-state index contributed by atoms with van der Waals surface area (Å²) >= 11 is 0. The van der Waals surface area contributed by atoms with Crippen molar-refractivity contribution in [3.8, 4) is 0 Å². The Bertz CT molecular complexity index is 996. The van der Waals surface area contributed by atoms with E-state index in [0.29, 0.717) is 26.2 Å². The second-order valence-corrected chi connectivity index (χ2v) is 9.21. The summed E-state index contributed by atoms with van der Waals surface area (Å²) < 4.78 is 51.5. The molecule has 2 saturated heterocycles. The van der Waals surface area contributed by atoms with Crippen LogP contribution in [0.2, 0.25) is 0 Å². The van der Waals surface area contributed by atoms with Crippen LogP contribution in [-0.2, 0) is 14.8 Å². The van der Waals surface area contributed by atoms with E-state index in [2.05, 4.69) is 0 Å².